The molecule has 2 heterocycles. The van der Waals surface area contributed by atoms with E-state index >= 15 is 0 Å². The van der Waals surface area contributed by atoms with Crippen molar-refractivity contribution in [2.24, 2.45) is 0 Å². The van der Waals surface area contributed by atoms with Gasteiger partial charge in [-0.2, -0.15) is 0 Å². The van der Waals surface area contributed by atoms with Gasteiger partial charge in [-0.3, -0.25) is 0 Å². The van der Waals surface area contributed by atoms with Crippen LogP contribution in [0.4, 0.5) is 4.79 Å². The molecule has 1 aliphatic heterocycles. The number of hydrogen-bond acceptors (Lipinski definition) is 5. The van der Waals surface area contributed by atoms with Crippen LogP contribution in [0.5, 0.6) is 0 Å². The topological polar surface area (TPSA) is 85.5 Å². The first-order valence-corrected chi connectivity index (χ1v) is 15.3. The molecular weight excluding hydrogens is 561 g/mol. The van der Waals surface area contributed by atoms with E-state index in [-0.39, 0.29) is 18.3 Å². The second kappa shape index (κ2) is 12.0. The number of hydrogen-bond donors (Lipinski definition) is 2. The molecule has 0 aliphatic carbocycles. The number of carbonyl (C=O) groups is 1. The van der Waals surface area contributed by atoms with E-state index < -0.39 is 11.7 Å². The molecule has 9 heteroatoms. The fourth-order valence-corrected chi connectivity index (χ4v) is 5.28. The van der Waals surface area contributed by atoms with Crippen LogP contribution in [0.3, 0.4) is 0 Å². The summed E-state index contributed by atoms with van der Waals surface area (Å²) in [5.74, 6) is 0.829. The van der Waals surface area contributed by atoms with Gasteiger partial charge in [0.15, 0.2) is 0 Å². The summed E-state index contributed by atoms with van der Waals surface area (Å²) in [6.07, 6.45) is 2.02. The van der Waals surface area contributed by atoms with Gasteiger partial charge in [0.1, 0.15) is 22.3 Å². The molecule has 2 N–H and O–H groups in total. The van der Waals surface area contributed by atoms with Crippen LogP contribution < -0.4 is 10.8 Å². The van der Waals surface area contributed by atoms with Gasteiger partial charge in [0.25, 0.3) is 0 Å². The van der Waals surface area contributed by atoms with E-state index in [2.05, 4.69) is 98.7 Å². The summed E-state index contributed by atoms with van der Waals surface area (Å²) in [6, 6.07) is 21.2. The van der Waals surface area contributed by atoms with Crippen molar-refractivity contribution in [3.63, 3.8) is 0 Å². The number of unbranched alkanes of at least 4 members (excludes halogenated alkanes) is 1. The molecule has 43 heavy (non-hydrogen) atoms. The van der Waals surface area contributed by atoms with Crippen molar-refractivity contribution in [1.82, 2.24) is 15.3 Å². The number of H-pyrrole nitrogens is 1. The zero-order valence-electron chi connectivity index (χ0n) is 26.1. The van der Waals surface area contributed by atoms with Crippen LogP contribution in [0.1, 0.15) is 67.1 Å². The average molecular weight is 602 g/mol. The first-order chi connectivity index (χ1) is 20.2. The second-order valence-electron chi connectivity index (χ2n) is 13.2. The molecule has 0 bridgehead atoms. The smallest absolute Gasteiger partial charge is 0.444 e. The lowest BCUT2D eigenvalue weighted by molar-refractivity contribution is 0.00578. The molecule has 1 saturated heterocycles. The van der Waals surface area contributed by atoms with E-state index in [1.54, 1.807) is 0 Å². The average Bonchev–Trinajstić information content (AvgIpc) is 3.41. The Labute approximate surface area is 259 Å². The molecule has 0 radical (unpaired) electrons. The van der Waals surface area contributed by atoms with Gasteiger partial charge in [0.05, 0.1) is 11.2 Å². The predicted molar refractivity (Wildman–Crippen MR) is 175 cm³/mol. The van der Waals surface area contributed by atoms with Crippen molar-refractivity contribution >= 4 is 41.0 Å². The lowest BCUT2D eigenvalue weighted by atomic mass is 9.78. The third kappa shape index (κ3) is 7.26. The largest absolute Gasteiger partial charge is 0.494 e. The first-order valence-electron chi connectivity index (χ1n) is 14.9. The minimum absolute atomic E-state index is 0.369. The number of nitrogens with one attached hydrogen (secondary N) is 2. The molecule has 0 atom stereocenters. The lowest BCUT2D eigenvalue weighted by Crippen LogP contribution is -2.41. The van der Waals surface area contributed by atoms with Crippen LogP contribution in [-0.2, 0) is 20.5 Å². The highest BCUT2D eigenvalue weighted by Gasteiger charge is 2.51. The Bertz CT molecular complexity index is 1590. The number of aromatic nitrogens is 2. The van der Waals surface area contributed by atoms with Crippen molar-refractivity contribution in [3.05, 3.63) is 71.6 Å². The van der Waals surface area contributed by atoms with Crippen LogP contribution in [0, 0.1) is 0 Å². The number of ether oxygens (including phenoxy) is 1. The molecule has 0 unspecified atom stereocenters. The number of benzene rings is 3. The summed E-state index contributed by atoms with van der Waals surface area (Å²) in [7, 11) is -0.378. The molecule has 1 amide bonds. The summed E-state index contributed by atoms with van der Waals surface area (Å²) in [5, 5.41) is 5.61. The highest BCUT2D eigenvalue weighted by Crippen LogP contribution is 2.37. The van der Waals surface area contributed by atoms with E-state index in [1.807, 2.05) is 20.8 Å². The van der Waals surface area contributed by atoms with E-state index in [4.69, 9.17) is 30.6 Å². The molecule has 1 aliphatic rings. The van der Waals surface area contributed by atoms with Crippen molar-refractivity contribution in [2.75, 3.05) is 6.54 Å². The Morgan fingerprint density at radius 1 is 0.907 bits per heavy atom. The number of aromatic amines is 1. The van der Waals surface area contributed by atoms with E-state index in [1.165, 1.54) is 0 Å². The van der Waals surface area contributed by atoms with Crippen LogP contribution in [0.15, 0.2) is 60.7 Å². The molecule has 3 aromatic carbocycles. The molecular formula is C34H41BClN3O4. The van der Waals surface area contributed by atoms with Gasteiger partial charge < -0.3 is 24.3 Å². The maximum Gasteiger partial charge on any atom is 0.494 e. The summed E-state index contributed by atoms with van der Waals surface area (Å²) < 4.78 is 17.8. The van der Waals surface area contributed by atoms with E-state index in [0.29, 0.717) is 11.7 Å². The molecule has 5 rings (SSSR count). The fourth-order valence-electron chi connectivity index (χ4n) is 5.02. The number of carbonyl (C=O) groups excluding carboxylic acids is 1. The number of imidazole rings is 1. The van der Waals surface area contributed by atoms with Gasteiger partial charge >= 0.3 is 13.2 Å². The number of alkyl carbamates (subject to hydrolysis) is 1. The summed E-state index contributed by atoms with van der Waals surface area (Å²) >= 11 is 6.53. The van der Waals surface area contributed by atoms with Gasteiger partial charge in [-0.15, -0.1) is 0 Å². The monoisotopic (exact) mass is 601 g/mol. The Balaban J connectivity index is 1.20. The highest BCUT2D eigenvalue weighted by molar-refractivity contribution is 6.62. The number of halogens is 1. The first kappa shape index (κ1) is 31.1. The normalized spacial score (nSPS) is 16.0. The zero-order chi connectivity index (χ0) is 31.0. The second-order valence-corrected chi connectivity index (χ2v) is 13.6. The Morgan fingerprint density at radius 3 is 2.19 bits per heavy atom. The van der Waals surface area contributed by atoms with Gasteiger partial charge in [-0.1, -0.05) is 66.2 Å². The Kier molecular flexibility index (Phi) is 8.67. The predicted octanol–water partition coefficient (Wildman–Crippen LogP) is 7.70. The standard InChI is InChI=1S/C34H41BClN3O4/c1-32(2,3)41-31(40)37-19-9-8-10-28-38-29(30(36)39-28)23-13-11-22(12-14-23)24-15-16-26-21-27(18-17-25(26)20-24)35-42-33(4,5)34(6,7)43-35/h11-18,20-21H,8-10,19H2,1-7H3,(H,37,40)(H,38,39). The Hall–Kier alpha value is -3.33. The molecule has 7 nitrogen and oxygen atoms in total. The zero-order valence-corrected chi connectivity index (χ0v) is 26.9. The third-order valence-electron chi connectivity index (χ3n) is 8.10. The number of amides is 1. The van der Waals surface area contributed by atoms with Crippen LogP contribution in [0.25, 0.3) is 33.2 Å². The maximum atomic E-state index is 11.8. The molecule has 226 valence electrons. The van der Waals surface area contributed by atoms with Gasteiger partial charge in [0, 0.05) is 18.5 Å². The molecule has 0 saturated carbocycles. The SMILES string of the molecule is CC(C)(C)OC(=O)NCCCCc1nc(-c2ccc(-c3ccc4cc(B5OC(C)(C)C(C)(C)O5)ccc4c3)cc2)c(Cl)[nH]1. The van der Waals surface area contributed by atoms with Gasteiger partial charge in [-0.25, -0.2) is 9.78 Å². The summed E-state index contributed by atoms with van der Waals surface area (Å²) in [5.41, 5.74) is 3.73. The number of aryl methyl sites for hydroxylation is 1. The van der Waals surface area contributed by atoms with Crippen molar-refractivity contribution in [2.45, 2.75) is 84.5 Å². The summed E-state index contributed by atoms with van der Waals surface area (Å²) in [4.78, 5) is 19.7. The minimum atomic E-state index is -0.500. The lowest BCUT2D eigenvalue weighted by Gasteiger charge is -2.32. The highest BCUT2D eigenvalue weighted by atomic mass is 35.5. The van der Waals surface area contributed by atoms with Gasteiger partial charge in [-0.05, 0) is 94.7 Å². The Morgan fingerprint density at radius 2 is 1.51 bits per heavy atom. The van der Waals surface area contributed by atoms with Crippen molar-refractivity contribution < 1.29 is 18.8 Å². The molecule has 0 spiro atoms. The van der Waals surface area contributed by atoms with Crippen molar-refractivity contribution in [3.8, 4) is 22.4 Å². The minimum Gasteiger partial charge on any atom is -0.444 e. The number of nitrogens with zero attached hydrogens (tertiary/aromatic N) is 1. The van der Waals surface area contributed by atoms with Crippen LogP contribution in [-0.4, -0.2) is 46.5 Å². The van der Waals surface area contributed by atoms with Gasteiger partial charge in [0.2, 0.25) is 0 Å². The van der Waals surface area contributed by atoms with Crippen LogP contribution in [0.2, 0.25) is 5.15 Å². The van der Waals surface area contributed by atoms with E-state index in [0.717, 1.165) is 63.7 Å². The van der Waals surface area contributed by atoms with E-state index in [9.17, 15) is 4.79 Å². The molecule has 4 aromatic rings. The molecule has 1 aromatic heterocycles. The van der Waals surface area contributed by atoms with Crippen LogP contribution >= 0.6 is 11.6 Å². The number of rotatable bonds is 8. The molecule has 1 fully saturated rings. The maximum absolute atomic E-state index is 11.8. The number of fused-ring (bicyclic) bond motifs is 1. The third-order valence-corrected chi connectivity index (χ3v) is 8.37. The van der Waals surface area contributed by atoms with Crippen molar-refractivity contribution in [1.29, 1.82) is 0 Å². The fraction of sp³-hybridized carbons (Fsp3) is 0.412. The summed E-state index contributed by atoms with van der Waals surface area (Å²) in [6.45, 7) is 14.4. The quantitative estimate of drug-likeness (QED) is 0.160.